The highest BCUT2D eigenvalue weighted by Crippen LogP contribution is 2.28. The van der Waals surface area contributed by atoms with Gasteiger partial charge in [-0.15, -0.1) is 10.2 Å². The Morgan fingerprint density at radius 2 is 1.95 bits per heavy atom. The Balaban J connectivity index is 2.10. The number of hydrogen-bond donors (Lipinski definition) is 2. The van der Waals surface area contributed by atoms with Crippen molar-refractivity contribution in [3.8, 4) is 0 Å². The van der Waals surface area contributed by atoms with E-state index in [1.165, 1.54) is 12.8 Å². The summed E-state index contributed by atoms with van der Waals surface area (Å²) in [5, 5.41) is 21.2. The van der Waals surface area contributed by atoms with Gasteiger partial charge in [0, 0.05) is 11.4 Å². The fraction of sp³-hybridized carbons (Fsp3) is 0.357. The monoisotopic (exact) mass is 257 g/mol. The lowest BCUT2D eigenvalue weighted by Gasteiger charge is -2.16. The summed E-state index contributed by atoms with van der Waals surface area (Å²) in [7, 11) is 0. The minimum Gasteiger partial charge on any atom is -0.476 e. The van der Waals surface area contributed by atoms with Crippen molar-refractivity contribution in [3.05, 3.63) is 30.0 Å². The molecule has 2 aromatic rings. The van der Waals surface area contributed by atoms with E-state index in [-0.39, 0.29) is 5.69 Å². The molecule has 0 aliphatic heterocycles. The number of aromatic nitrogens is 2. The second-order valence-corrected chi connectivity index (χ2v) is 4.87. The first-order valence-electron chi connectivity index (χ1n) is 6.51. The lowest BCUT2D eigenvalue weighted by molar-refractivity contribution is 0.0690. The summed E-state index contributed by atoms with van der Waals surface area (Å²) in [4.78, 5) is 11.3. The molecular weight excluding hydrogens is 242 g/mol. The zero-order valence-corrected chi connectivity index (χ0v) is 10.5. The van der Waals surface area contributed by atoms with E-state index in [9.17, 15) is 9.90 Å². The van der Waals surface area contributed by atoms with Crippen LogP contribution in [0.3, 0.4) is 0 Å². The number of carboxylic acid groups (broad SMARTS) is 1. The van der Waals surface area contributed by atoms with Crippen LogP contribution in [0.25, 0.3) is 10.9 Å². The molecule has 0 unspecified atom stereocenters. The van der Waals surface area contributed by atoms with Gasteiger partial charge in [-0.1, -0.05) is 31.0 Å². The van der Waals surface area contributed by atoms with Gasteiger partial charge in [0.2, 0.25) is 0 Å². The van der Waals surface area contributed by atoms with Crippen molar-refractivity contribution < 1.29 is 9.90 Å². The number of hydrogen-bond acceptors (Lipinski definition) is 4. The van der Waals surface area contributed by atoms with Crippen molar-refractivity contribution in [1.29, 1.82) is 0 Å². The first-order valence-corrected chi connectivity index (χ1v) is 6.51. The Bertz CT molecular complexity index is 621. The van der Waals surface area contributed by atoms with Crippen LogP contribution in [0.4, 0.5) is 5.69 Å². The molecule has 19 heavy (non-hydrogen) atoms. The second-order valence-electron chi connectivity index (χ2n) is 4.87. The molecular formula is C14H15N3O2. The summed E-state index contributed by atoms with van der Waals surface area (Å²) in [5.74, 6) is -1.04. The predicted octanol–water partition coefficient (Wildman–Crippen LogP) is 2.68. The molecule has 0 radical (unpaired) electrons. The van der Waals surface area contributed by atoms with Crippen LogP contribution in [0, 0.1) is 0 Å². The topological polar surface area (TPSA) is 75.1 Å². The van der Waals surface area contributed by atoms with E-state index in [1.54, 1.807) is 0 Å². The van der Waals surface area contributed by atoms with Crippen molar-refractivity contribution >= 4 is 22.6 Å². The highest BCUT2D eigenvalue weighted by Gasteiger charge is 2.21. The van der Waals surface area contributed by atoms with Gasteiger partial charge in [-0.3, -0.25) is 0 Å². The van der Waals surface area contributed by atoms with Gasteiger partial charge in [-0.2, -0.15) is 0 Å². The summed E-state index contributed by atoms with van der Waals surface area (Å²) in [6.07, 6.45) is 4.54. The molecule has 5 heteroatoms. The third kappa shape index (κ3) is 2.23. The molecule has 3 rings (SSSR count). The lowest BCUT2D eigenvalue weighted by Crippen LogP contribution is -2.18. The van der Waals surface area contributed by atoms with Gasteiger partial charge < -0.3 is 10.4 Å². The number of fused-ring (bicyclic) bond motifs is 1. The van der Waals surface area contributed by atoms with E-state index in [1.807, 2.05) is 24.3 Å². The number of nitrogens with zero attached hydrogens (tertiary/aromatic N) is 2. The number of carboxylic acids is 1. The van der Waals surface area contributed by atoms with E-state index >= 15 is 0 Å². The van der Waals surface area contributed by atoms with Crippen LogP contribution in [0.2, 0.25) is 0 Å². The molecule has 0 atom stereocenters. The largest absolute Gasteiger partial charge is 0.476 e. The molecule has 0 bridgehead atoms. The minimum absolute atomic E-state index is 0.00519. The molecule has 0 amide bonds. The second kappa shape index (κ2) is 4.84. The smallest absolute Gasteiger partial charge is 0.358 e. The molecule has 1 fully saturated rings. The Labute approximate surface area is 110 Å². The summed E-state index contributed by atoms with van der Waals surface area (Å²) in [5.41, 5.74) is 1.32. The van der Waals surface area contributed by atoms with Crippen LogP contribution in [-0.4, -0.2) is 27.3 Å². The highest BCUT2D eigenvalue weighted by molar-refractivity contribution is 6.02. The first kappa shape index (κ1) is 11.9. The Hall–Kier alpha value is -2.17. The predicted molar refractivity (Wildman–Crippen MR) is 72.4 cm³/mol. The number of anilines is 1. The van der Waals surface area contributed by atoms with Gasteiger partial charge in [0.15, 0.2) is 5.69 Å². The standard InChI is InChI=1S/C14H15N3O2/c18-14(19)13-12(15-9-5-1-2-6-9)10-7-3-4-8-11(10)16-17-13/h3-4,7-9H,1-2,5-6H2,(H,15,16)(H,18,19). The average molecular weight is 257 g/mol. The molecule has 0 spiro atoms. The molecule has 1 aliphatic rings. The van der Waals surface area contributed by atoms with E-state index in [4.69, 9.17) is 0 Å². The molecule has 0 saturated heterocycles. The molecule has 1 aromatic carbocycles. The Kier molecular flexibility index (Phi) is 3.03. The fourth-order valence-corrected chi connectivity index (χ4v) is 2.62. The van der Waals surface area contributed by atoms with Crippen LogP contribution < -0.4 is 5.32 Å². The van der Waals surface area contributed by atoms with Gasteiger partial charge in [-0.05, 0) is 18.9 Å². The van der Waals surface area contributed by atoms with E-state index in [0.29, 0.717) is 17.2 Å². The third-order valence-corrected chi connectivity index (χ3v) is 3.57. The summed E-state index contributed by atoms with van der Waals surface area (Å²) < 4.78 is 0. The Morgan fingerprint density at radius 3 is 2.68 bits per heavy atom. The van der Waals surface area contributed by atoms with Gasteiger partial charge >= 0.3 is 5.97 Å². The lowest BCUT2D eigenvalue weighted by atomic mass is 10.1. The quantitative estimate of drug-likeness (QED) is 0.884. The average Bonchev–Trinajstić information content (AvgIpc) is 2.92. The molecule has 2 N–H and O–H groups in total. The molecule has 5 nitrogen and oxygen atoms in total. The van der Waals surface area contributed by atoms with Crippen LogP contribution >= 0.6 is 0 Å². The minimum atomic E-state index is -1.04. The molecule has 1 heterocycles. The van der Waals surface area contributed by atoms with Crippen LogP contribution in [-0.2, 0) is 0 Å². The van der Waals surface area contributed by atoms with E-state index in [0.717, 1.165) is 18.2 Å². The molecule has 1 saturated carbocycles. The fourth-order valence-electron chi connectivity index (χ4n) is 2.62. The van der Waals surface area contributed by atoms with E-state index < -0.39 is 5.97 Å². The number of carbonyl (C=O) groups is 1. The van der Waals surface area contributed by atoms with Crippen molar-refractivity contribution in [2.24, 2.45) is 0 Å². The highest BCUT2D eigenvalue weighted by atomic mass is 16.4. The number of aromatic carboxylic acids is 1. The molecule has 1 aliphatic carbocycles. The Morgan fingerprint density at radius 1 is 1.21 bits per heavy atom. The maximum absolute atomic E-state index is 11.3. The van der Waals surface area contributed by atoms with Crippen molar-refractivity contribution in [2.45, 2.75) is 31.7 Å². The number of benzene rings is 1. The van der Waals surface area contributed by atoms with Gasteiger partial charge in [0.1, 0.15) is 0 Å². The van der Waals surface area contributed by atoms with Gasteiger partial charge in [0.25, 0.3) is 0 Å². The zero-order chi connectivity index (χ0) is 13.2. The van der Waals surface area contributed by atoms with Crippen molar-refractivity contribution in [1.82, 2.24) is 10.2 Å². The number of nitrogens with one attached hydrogen (secondary N) is 1. The van der Waals surface area contributed by atoms with Crippen LogP contribution in [0.15, 0.2) is 24.3 Å². The van der Waals surface area contributed by atoms with Crippen molar-refractivity contribution in [3.63, 3.8) is 0 Å². The maximum Gasteiger partial charge on any atom is 0.358 e. The van der Waals surface area contributed by atoms with E-state index in [2.05, 4.69) is 15.5 Å². The van der Waals surface area contributed by atoms with Crippen LogP contribution in [0.5, 0.6) is 0 Å². The van der Waals surface area contributed by atoms with Gasteiger partial charge in [-0.25, -0.2) is 4.79 Å². The maximum atomic E-state index is 11.3. The summed E-state index contributed by atoms with van der Waals surface area (Å²) >= 11 is 0. The molecule has 98 valence electrons. The molecule has 1 aromatic heterocycles. The van der Waals surface area contributed by atoms with Crippen molar-refractivity contribution in [2.75, 3.05) is 5.32 Å². The third-order valence-electron chi connectivity index (χ3n) is 3.57. The zero-order valence-electron chi connectivity index (χ0n) is 10.5. The SMILES string of the molecule is O=C(O)c1nnc2ccccc2c1NC1CCCC1. The normalized spacial score (nSPS) is 15.8. The summed E-state index contributed by atoms with van der Waals surface area (Å²) in [6.45, 7) is 0. The first-order chi connectivity index (χ1) is 9.25. The summed E-state index contributed by atoms with van der Waals surface area (Å²) in [6, 6.07) is 7.82. The van der Waals surface area contributed by atoms with Crippen LogP contribution in [0.1, 0.15) is 36.2 Å². The van der Waals surface area contributed by atoms with Gasteiger partial charge in [0.05, 0.1) is 11.2 Å². The number of rotatable bonds is 3.